The topological polar surface area (TPSA) is 105 Å². The van der Waals surface area contributed by atoms with Crippen molar-refractivity contribution in [1.29, 1.82) is 0 Å². The summed E-state index contributed by atoms with van der Waals surface area (Å²) in [6.07, 6.45) is 4.85. The van der Waals surface area contributed by atoms with Gasteiger partial charge in [-0.1, -0.05) is 78.9 Å². The number of rotatable bonds is 14. The van der Waals surface area contributed by atoms with Gasteiger partial charge in [0.25, 0.3) is 10.0 Å². The van der Waals surface area contributed by atoms with E-state index in [1.165, 1.54) is 49.5 Å². The zero-order valence-corrected chi connectivity index (χ0v) is 30.7. The van der Waals surface area contributed by atoms with Gasteiger partial charge in [0, 0.05) is 35.1 Å². The molecule has 0 spiro atoms. The van der Waals surface area contributed by atoms with Crippen LogP contribution in [0.2, 0.25) is 10.0 Å². The first-order chi connectivity index (χ1) is 24.5. The molecule has 5 rings (SSSR count). The molecule has 1 saturated carbocycles. The molecule has 1 unspecified atom stereocenters. The van der Waals surface area contributed by atoms with Crippen LogP contribution in [0.25, 0.3) is 0 Å². The van der Waals surface area contributed by atoms with E-state index in [1.54, 1.807) is 18.2 Å². The Bertz CT molecular complexity index is 1930. The number of anilines is 1. The fourth-order valence-corrected chi connectivity index (χ4v) is 8.07. The molecule has 0 aromatic heterocycles. The first-order valence-electron chi connectivity index (χ1n) is 16.6. The Kier molecular flexibility index (Phi) is 12.8. The number of hydrogen-bond acceptors (Lipinski definition) is 6. The van der Waals surface area contributed by atoms with Gasteiger partial charge in [-0.25, -0.2) is 12.8 Å². The van der Waals surface area contributed by atoms with Crippen LogP contribution in [0, 0.1) is 5.82 Å². The fourth-order valence-electron chi connectivity index (χ4n) is 6.17. The predicted octanol–water partition coefficient (Wildman–Crippen LogP) is 7.43. The van der Waals surface area contributed by atoms with Crippen molar-refractivity contribution in [2.24, 2.45) is 0 Å². The van der Waals surface area contributed by atoms with E-state index >= 15 is 0 Å². The lowest BCUT2D eigenvalue weighted by Gasteiger charge is -2.35. The summed E-state index contributed by atoms with van der Waals surface area (Å²) in [5.41, 5.74) is 1.35. The van der Waals surface area contributed by atoms with Crippen LogP contribution in [-0.4, -0.2) is 58.0 Å². The van der Waals surface area contributed by atoms with Gasteiger partial charge in [-0.2, -0.15) is 0 Å². The number of benzene rings is 4. The lowest BCUT2D eigenvalue weighted by Crippen LogP contribution is -2.55. The van der Waals surface area contributed by atoms with Crippen molar-refractivity contribution in [2.45, 2.75) is 62.0 Å². The van der Waals surface area contributed by atoms with Gasteiger partial charge < -0.3 is 19.7 Å². The smallest absolute Gasteiger partial charge is 0.264 e. The second-order valence-corrected chi connectivity index (χ2v) is 15.0. The molecule has 51 heavy (non-hydrogen) atoms. The van der Waals surface area contributed by atoms with Crippen molar-refractivity contribution < 1.29 is 31.9 Å². The van der Waals surface area contributed by atoms with Crippen molar-refractivity contribution in [3.05, 3.63) is 118 Å². The molecule has 0 saturated heterocycles. The molecule has 0 heterocycles. The molecule has 0 radical (unpaired) electrons. The minimum Gasteiger partial charge on any atom is -0.493 e. The number of nitrogens with one attached hydrogen (secondary N) is 1. The van der Waals surface area contributed by atoms with Gasteiger partial charge in [0.15, 0.2) is 11.5 Å². The third-order valence-corrected chi connectivity index (χ3v) is 11.3. The number of carbonyl (C=O) groups is 2. The molecule has 13 heteroatoms. The Labute approximate surface area is 308 Å². The first kappa shape index (κ1) is 37.9. The van der Waals surface area contributed by atoms with Gasteiger partial charge in [0.2, 0.25) is 11.8 Å². The minimum absolute atomic E-state index is 0.0373. The SMILES string of the molecule is COc1ccc(S(=O)(=O)N(CC(=O)N(Cc2ccc(Cl)cc2Cl)C(Cc2ccccc2)C(=O)NC2CCCCC2)c2ccc(F)cc2)cc1OC. The molecule has 1 aliphatic rings. The molecule has 4 aromatic carbocycles. The van der Waals surface area contributed by atoms with Crippen LogP contribution in [0.5, 0.6) is 11.5 Å². The van der Waals surface area contributed by atoms with Crippen LogP contribution in [0.4, 0.5) is 10.1 Å². The zero-order valence-electron chi connectivity index (χ0n) is 28.4. The van der Waals surface area contributed by atoms with E-state index in [0.717, 1.165) is 54.1 Å². The Morgan fingerprint density at radius 2 is 1.57 bits per heavy atom. The number of methoxy groups -OCH3 is 2. The Hall–Kier alpha value is -4.32. The number of sulfonamides is 1. The molecule has 1 N–H and O–H groups in total. The summed E-state index contributed by atoms with van der Waals surface area (Å²) in [7, 11) is -1.68. The van der Waals surface area contributed by atoms with Crippen LogP contribution in [0.1, 0.15) is 43.2 Å². The Morgan fingerprint density at radius 1 is 0.882 bits per heavy atom. The number of ether oxygens (including phenoxy) is 2. The number of halogens is 3. The van der Waals surface area contributed by atoms with E-state index in [2.05, 4.69) is 5.32 Å². The predicted molar refractivity (Wildman–Crippen MR) is 196 cm³/mol. The lowest BCUT2D eigenvalue weighted by atomic mass is 9.94. The van der Waals surface area contributed by atoms with E-state index < -0.39 is 34.3 Å². The van der Waals surface area contributed by atoms with Crippen LogP contribution >= 0.6 is 23.2 Å². The van der Waals surface area contributed by atoms with Gasteiger partial charge >= 0.3 is 0 Å². The van der Waals surface area contributed by atoms with Crippen molar-refractivity contribution >= 4 is 50.7 Å². The summed E-state index contributed by atoms with van der Waals surface area (Å²) in [6, 6.07) is 21.9. The van der Waals surface area contributed by atoms with E-state index in [0.29, 0.717) is 16.3 Å². The number of nitrogens with zero attached hydrogens (tertiary/aromatic N) is 2. The van der Waals surface area contributed by atoms with Gasteiger partial charge in [0.05, 0.1) is 24.8 Å². The highest BCUT2D eigenvalue weighted by molar-refractivity contribution is 7.92. The normalized spacial score (nSPS) is 14.0. The van der Waals surface area contributed by atoms with Crippen molar-refractivity contribution in [2.75, 3.05) is 25.1 Å². The molecular weight excluding hydrogens is 716 g/mol. The maximum atomic E-state index is 14.8. The third kappa shape index (κ3) is 9.52. The number of hydrogen-bond donors (Lipinski definition) is 1. The van der Waals surface area contributed by atoms with Crippen LogP contribution in [-0.2, 0) is 32.6 Å². The maximum absolute atomic E-state index is 14.8. The summed E-state index contributed by atoms with van der Waals surface area (Å²) < 4.78 is 54.4. The highest BCUT2D eigenvalue weighted by atomic mass is 35.5. The summed E-state index contributed by atoms with van der Waals surface area (Å²) in [5, 5.41) is 3.84. The van der Waals surface area contributed by atoms with Crippen LogP contribution < -0.4 is 19.1 Å². The zero-order chi connectivity index (χ0) is 36.5. The third-order valence-electron chi connectivity index (χ3n) is 8.91. The highest BCUT2D eigenvalue weighted by Gasteiger charge is 2.36. The molecule has 270 valence electrons. The second-order valence-electron chi connectivity index (χ2n) is 12.3. The molecule has 9 nitrogen and oxygen atoms in total. The lowest BCUT2D eigenvalue weighted by molar-refractivity contribution is -0.140. The molecule has 2 amide bonds. The summed E-state index contributed by atoms with van der Waals surface area (Å²) >= 11 is 12.8. The molecular formula is C38H40Cl2FN3O6S. The average Bonchev–Trinajstić information content (AvgIpc) is 3.13. The quantitative estimate of drug-likeness (QED) is 0.144. The van der Waals surface area contributed by atoms with Gasteiger partial charge in [-0.15, -0.1) is 0 Å². The molecule has 1 atom stereocenters. The van der Waals surface area contributed by atoms with Crippen LogP contribution in [0.3, 0.4) is 0 Å². The van der Waals surface area contributed by atoms with E-state index in [-0.39, 0.29) is 46.3 Å². The van der Waals surface area contributed by atoms with E-state index in [1.807, 2.05) is 30.3 Å². The van der Waals surface area contributed by atoms with Gasteiger partial charge in [0.1, 0.15) is 18.4 Å². The first-order valence-corrected chi connectivity index (χ1v) is 18.8. The Morgan fingerprint density at radius 3 is 2.22 bits per heavy atom. The molecule has 0 aliphatic heterocycles. The van der Waals surface area contributed by atoms with Gasteiger partial charge in [-0.05, 0) is 72.5 Å². The van der Waals surface area contributed by atoms with Crippen molar-refractivity contribution in [3.8, 4) is 11.5 Å². The van der Waals surface area contributed by atoms with Gasteiger partial charge in [-0.3, -0.25) is 13.9 Å². The largest absolute Gasteiger partial charge is 0.493 e. The summed E-state index contributed by atoms with van der Waals surface area (Å²) in [6.45, 7) is -0.854. The summed E-state index contributed by atoms with van der Waals surface area (Å²) in [5.74, 6) is -1.17. The monoisotopic (exact) mass is 755 g/mol. The maximum Gasteiger partial charge on any atom is 0.264 e. The fraction of sp³-hybridized carbons (Fsp3) is 0.316. The highest BCUT2D eigenvalue weighted by Crippen LogP contribution is 2.33. The standard InChI is InChI=1S/C38H40Cl2FN3O6S/c1-49-35-20-19-32(23-36(35)50-2)51(47,48)44(31-17-15-29(41)16-18-31)25-37(45)43(24-27-13-14-28(39)22-33(27)40)34(21-26-9-5-3-6-10-26)38(46)42-30-11-7-4-8-12-30/h3,5-6,9-10,13-20,22-23,30,34H,4,7-8,11-12,21,24-25H2,1-2H3,(H,42,46). The molecule has 1 fully saturated rings. The van der Waals surface area contributed by atoms with Crippen molar-refractivity contribution in [3.63, 3.8) is 0 Å². The average molecular weight is 757 g/mol. The summed E-state index contributed by atoms with van der Waals surface area (Å²) in [4.78, 5) is 30.2. The van der Waals surface area contributed by atoms with E-state index in [9.17, 15) is 22.4 Å². The molecule has 0 bridgehead atoms. The van der Waals surface area contributed by atoms with E-state index in [4.69, 9.17) is 32.7 Å². The number of carbonyl (C=O) groups excluding carboxylic acids is 2. The second kappa shape index (κ2) is 17.3. The molecule has 4 aromatic rings. The van der Waals surface area contributed by atoms with Crippen LogP contribution in [0.15, 0.2) is 95.9 Å². The number of amides is 2. The molecule has 1 aliphatic carbocycles. The Balaban J connectivity index is 1.59. The van der Waals surface area contributed by atoms with Crippen molar-refractivity contribution in [1.82, 2.24) is 10.2 Å². The minimum atomic E-state index is -4.48.